The van der Waals surface area contributed by atoms with Gasteiger partial charge in [0.25, 0.3) is 0 Å². The second-order valence-electron chi connectivity index (χ2n) is 4.17. The van der Waals surface area contributed by atoms with E-state index in [4.69, 9.17) is 16.3 Å². The molecule has 0 bridgehead atoms. The fourth-order valence-corrected chi connectivity index (χ4v) is 2.17. The number of aryl methyl sites for hydroxylation is 1. The van der Waals surface area contributed by atoms with Gasteiger partial charge in [0.05, 0.1) is 0 Å². The van der Waals surface area contributed by atoms with Crippen LogP contribution in [0, 0.1) is 0 Å². The molecular weight excluding hydrogens is 262 g/mol. The predicted molar refractivity (Wildman–Crippen MR) is 76.4 cm³/mol. The van der Waals surface area contributed by atoms with Gasteiger partial charge in [-0.05, 0) is 26.1 Å². The van der Waals surface area contributed by atoms with Crippen molar-refractivity contribution in [3.8, 4) is 5.75 Å². The first-order chi connectivity index (χ1) is 9.26. The first kappa shape index (κ1) is 13.9. The quantitative estimate of drug-likeness (QED) is 0.884. The van der Waals surface area contributed by atoms with Crippen molar-refractivity contribution in [3.63, 3.8) is 0 Å². The molecule has 0 unspecified atom stereocenters. The van der Waals surface area contributed by atoms with Crippen molar-refractivity contribution in [1.82, 2.24) is 14.9 Å². The van der Waals surface area contributed by atoms with Crippen LogP contribution in [0.2, 0.25) is 5.02 Å². The summed E-state index contributed by atoms with van der Waals surface area (Å²) < 4.78 is 7.91. The van der Waals surface area contributed by atoms with E-state index < -0.39 is 0 Å². The van der Waals surface area contributed by atoms with Crippen LogP contribution in [0.1, 0.15) is 18.3 Å². The van der Waals surface area contributed by atoms with Crippen LogP contribution in [0.3, 0.4) is 0 Å². The van der Waals surface area contributed by atoms with Crippen molar-refractivity contribution in [2.24, 2.45) is 0 Å². The van der Waals surface area contributed by atoms with Gasteiger partial charge in [-0.25, -0.2) is 4.98 Å². The number of nitrogens with one attached hydrogen (secondary N) is 1. The van der Waals surface area contributed by atoms with Gasteiger partial charge >= 0.3 is 0 Å². The molecule has 0 radical (unpaired) electrons. The van der Waals surface area contributed by atoms with Crippen LogP contribution in [-0.2, 0) is 19.7 Å². The van der Waals surface area contributed by atoms with Gasteiger partial charge in [-0.1, -0.05) is 17.7 Å². The first-order valence-corrected chi connectivity index (χ1v) is 6.68. The minimum atomic E-state index is 0.442. The van der Waals surface area contributed by atoms with Gasteiger partial charge < -0.3 is 14.6 Å². The summed E-state index contributed by atoms with van der Waals surface area (Å²) in [6.07, 6.45) is 3.74. The smallest absolute Gasteiger partial charge is 0.146 e. The highest BCUT2D eigenvalue weighted by Gasteiger charge is 2.09. The SMILES string of the molecule is CCn1ccnc1COc1cccc(Cl)c1CNC. The summed E-state index contributed by atoms with van der Waals surface area (Å²) in [6, 6.07) is 5.69. The second-order valence-corrected chi connectivity index (χ2v) is 4.57. The Morgan fingerprint density at radius 3 is 3.00 bits per heavy atom. The summed E-state index contributed by atoms with van der Waals surface area (Å²) in [5, 5.41) is 3.81. The number of hydrogen-bond acceptors (Lipinski definition) is 3. The van der Waals surface area contributed by atoms with Crippen LogP contribution in [-0.4, -0.2) is 16.6 Å². The average molecular weight is 280 g/mol. The average Bonchev–Trinajstić information content (AvgIpc) is 2.87. The van der Waals surface area contributed by atoms with Crippen molar-refractivity contribution in [2.75, 3.05) is 7.05 Å². The highest BCUT2D eigenvalue weighted by molar-refractivity contribution is 6.31. The zero-order valence-corrected chi connectivity index (χ0v) is 11.9. The van der Waals surface area contributed by atoms with Crippen LogP contribution in [0.15, 0.2) is 30.6 Å². The summed E-state index contributed by atoms with van der Waals surface area (Å²) in [5.41, 5.74) is 0.973. The first-order valence-electron chi connectivity index (χ1n) is 6.31. The lowest BCUT2D eigenvalue weighted by Crippen LogP contribution is -2.10. The molecular formula is C14H18ClN3O. The Morgan fingerprint density at radius 2 is 2.26 bits per heavy atom. The van der Waals surface area contributed by atoms with Crippen molar-refractivity contribution in [3.05, 3.63) is 47.0 Å². The molecule has 1 aromatic carbocycles. The molecule has 0 amide bonds. The van der Waals surface area contributed by atoms with Crippen LogP contribution in [0.25, 0.3) is 0 Å². The van der Waals surface area contributed by atoms with Gasteiger partial charge in [-0.15, -0.1) is 0 Å². The summed E-state index contributed by atoms with van der Waals surface area (Å²) in [6.45, 7) is 4.09. The minimum Gasteiger partial charge on any atom is -0.485 e. The van der Waals surface area contributed by atoms with E-state index in [0.717, 1.165) is 23.7 Å². The van der Waals surface area contributed by atoms with Crippen molar-refractivity contribution >= 4 is 11.6 Å². The predicted octanol–water partition coefficient (Wildman–Crippen LogP) is 2.85. The molecule has 2 aromatic rings. The van der Waals surface area contributed by atoms with E-state index in [1.165, 1.54) is 0 Å². The molecule has 0 saturated heterocycles. The molecule has 0 atom stereocenters. The topological polar surface area (TPSA) is 39.1 Å². The second kappa shape index (κ2) is 6.59. The van der Waals surface area contributed by atoms with E-state index in [9.17, 15) is 0 Å². The third kappa shape index (κ3) is 3.28. The molecule has 2 rings (SSSR count). The van der Waals surface area contributed by atoms with Crippen LogP contribution in [0.4, 0.5) is 0 Å². The molecule has 0 saturated carbocycles. The zero-order valence-electron chi connectivity index (χ0n) is 11.2. The zero-order chi connectivity index (χ0) is 13.7. The van der Waals surface area contributed by atoms with Gasteiger partial charge in [0.1, 0.15) is 18.2 Å². The van der Waals surface area contributed by atoms with Gasteiger partial charge in [0.2, 0.25) is 0 Å². The highest BCUT2D eigenvalue weighted by Crippen LogP contribution is 2.26. The van der Waals surface area contributed by atoms with E-state index in [1.54, 1.807) is 6.20 Å². The lowest BCUT2D eigenvalue weighted by atomic mass is 10.2. The lowest BCUT2D eigenvalue weighted by Gasteiger charge is -2.13. The molecule has 1 aromatic heterocycles. The van der Waals surface area contributed by atoms with Gasteiger partial charge in [0, 0.05) is 36.1 Å². The molecule has 19 heavy (non-hydrogen) atoms. The number of nitrogens with zero attached hydrogens (tertiary/aromatic N) is 2. The van der Waals surface area contributed by atoms with Crippen LogP contribution in [0.5, 0.6) is 5.75 Å². The van der Waals surface area contributed by atoms with Crippen molar-refractivity contribution < 1.29 is 4.74 Å². The Bertz CT molecular complexity index is 539. The summed E-state index contributed by atoms with van der Waals surface area (Å²) in [5.74, 6) is 1.71. The molecule has 0 aliphatic carbocycles. The van der Waals surface area contributed by atoms with E-state index in [2.05, 4.69) is 21.8 Å². The summed E-state index contributed by atoms with van der Waals surface area (Å²) >= 11 is 6.19. The van der Waals surface area contributed by atoms with Gasteiger partial charge in [-0.3, -0.25) is 0 Å². The highest BCUT2D eigenvalue weighted by atomic mass is 35.5. The standard InChI is InChI=1S/C14H18ClN3O/c1-3-18-8-7-17-14(18)10-19-13-6-4-5-12(15)11(13)9-16-2/h4-8,16H,3,9-10H2,1-2H3. The maximum Gasteiger partial charge on any atom is 0.146 e. The molecule has 4 nitrogen and oxygen atoms in total. The van der Waals surface area contributed by atoms with Crippen molar-refractivity contribution in [2.45, 2.75) is 26.6 Å². The number of aromatic nitrogens is 2. The molecule has 5 heteroatoms. The fourth-order valence-electron chi connectivity index (χ4n) is 1.93. The minimum absolute atomic E-state index is 0.442. The van der Waals surface area contributed by atoms with Crippen LogP contribution < -0.4 is 10.1 Å². The summed E-state index contributed by atoms with van der Waals surface area (Å²) in [4.78, 5) is 4.29. The monoisotopic (exact) mass is 279 g/mol. The van der Waals surface area contributed by atoms with E-state index >= 15 is 0 Å². The lowest BCUT2D eigenvalue weighted by molar-refractivity contribution is 0.286. The molecule has 102 valence electrons. The molecule has 0 fully saturated rings. The molecule has 0 aliphatic rings. The number of rotatable bonds is 6. The Morgan fingerprint density at radius 1 is 1.42 bits per heavy atom. The summed E-state index contributed by atoms with van der Waals surface area (Å²) in [7, 11) is 1.89. The Balaban J connectivity index is 2.13. The van der Waals surface area contributed by atoms with Gasteiger partial charge in [-0.2, -0.15) is 0 Å². The number of halogens is 1. The molecule has 1 heterocycles. The van der Waals surface area contributed by atoms with E-state index in [1.807, 2.05) is 31.4 Å². The Kier molecular flexibility index (Phi) is 4.82. The number of ether oxygens (including phenoxy) is 1. The fraction of sp³-hybridized carbons (Fsp3) is 0.357. The molecule has 0 aliphatic heterocycles. The normalized spacial score (nSPS) is 10.7. The maximum absolute atomic E-state index is 6.19. The largest absolute Gasteiger partial charge is 0.485 e. The van der Waals surface area contributed by atoms with E-state index in [0.29, 0.717) is 18.2 Å². The third-order valence-electron chi connectivity index (χ3n) is 2.93. The number of hydrogen-bond donors (Lipinski definition) is 1. The van der Waals surface area contributed by atoms with Gasteiger partial charge in [0.15, 0.2) is 0 Å². The third-order valence-corrected chi connectivity index (χ3v) is 3.28. The Labute approximate surface area is 118 Å². The number of benzene rings is 1. The molecule has 1 N–H and O–H groups in total. The van der Waals surface area contributed by atoms with Crippen molar-refractivity contribution in [1.29, 1.82) is 0 Å². The number of imidazole rings is 1. The van der Waals surface area contributed by atoms with E-state index in [-0.39, 0.29) is 0 Å². The van der Waals surface area contributed by atoms with Crippen LogP contribution >= 0.6 is 11.6 Å². The molecule has 0 spiro atoms. The maximum atomic E-state index is 6.19. The Hall–Kier alpha value is -1.52.